The highest BCUT2D eigenvalue weighted by atomic mass is 16.1. The zero-order chi connectivity index (χ0) is 20.5. The van der Waals surface area contributed by atoms with Gasteiger partial charge >= 0.3 is 0 Å². The highest BCUT2D eigenvalue weighted by Crippen LogP contribution is 2.19. The third kappa shape index (κ3) is 5.76. The van der Waals surface area contributed by atoms with Crippen molar-refractivity contribution in [1.29, 1.82) is 0 Å². The largest absolute Gasteiger partial charge is 0.356 e. The zero-order valence-electron chi connectivity index (χ0n) is 17.1. The van der Waals surface area contributed by atoms with Gasteiger partial charge in [0.25, 0.3) is 0 Å². The molecule has 0 aliphatic rings. The second-order valence-electron chi connectivity index (χ2n) is 7.30. The van der Waals surface area contributed by atoms with Crippen molar-refractivity contribution in [1.82, 2.24) is 14.9 Å². The highest BCUT2D eigenvalue weighted by molar-refractivity contribution is 5.96. The molecule has 5 heteroatoms. The number of aryl methyl sites for hydroxylation is 1. The maximum Gasteiger partial charge on any atom is 0.219 e. The number of benzene rings is 2. The van der Waals surface area contributed by atoms with Crippen LogP contribution in [0.25, 0.3) is 11.0 Å². The molecule has 0 spiro atoms. The Morgan fingerprint density at radius 3 is 2.52 bits per heavy atom. The lowest BCUT2D eigenvalue weighted by molar-refractivity contribution is -0.121. The maximum absolute atomic E-state index is 12.8. The third-order valence-corrected chi connectivity index (χ3v) is 5.01. The number of Topliss-reactive ketones (excluding diaryl/α,β-unsaturated/α-hetero) is 1. The molecule has 29 heavy (non-hydrogen) atoms. The average molecular weight is 392 g/mol. The van der Waals surface area contributed by atoms with Gasteiger partial charge in [0.15, 0.2) is 5.78 Å². The van der Waals surface area contributed by atoms with E-state index in [0.29, 0.717) is 13.0 Å². The summed E-state index contributed by atoms with van der Waals surface area (Å²) in [6, 6.07) is 17.4. The van der Waals surface area contributed by atoms with Gasteiger partial charge in [-0.15, -0.1) is 0 Å². The fourth-order valence-electron chi connectivity index (χ4n) is 3.48. The van der Waals surface area contributed by atoms with E-state index in [-0.39, 0.29) is 11.7 Å². The van der Waals surface area contributed by atoms with Crippen molar-refractivity contribution in [3.63, 3.8) is 0 Å². The Labute approximate surface area is 172 Å². The van der Waals surface area contributed by atoms with Crippen molar-refractivity contribution in [2.24, 2.45) is 0 Å². The van der Waals surface area contributed by atoms with Crippen LogP contribution in [0.2, 0.25) is 0 Å². The fraction of sp³-hybridized carbons (Fsp3) is 0.375. The van der Waals surface area contributed by atoms with Crippen LogP contribution in [0.4, 0.5) is 0 Å². The molecular formula is C24H29N3O2. The van der Waals surface area contributed by atoms with Gasteiger partial charge in [0, 0.05) is 24.9 Å². The number of hydrogen-bond donors (Lipinski definition) is 1. The molecule has 0 saturated carbocycles. The number of ketones is 1. The van der Waals surface area contributed by atoms with Crippen LogP contribution in [0.3, 0.4) is 0 Å². The first kappa shape index (κ1) is 20.8. The van der Waals surface area contributed by atoms with Gasteiger partial charge in [-0.25, -0.2) is 4.98 Å². The number of aromatic nitrogens is 2. The van der Waals surface area contributed by atoms with Gasteiger partial charge < -0.3 is 9.88 Å². The number of nitrogens with zero attached hydrogens (tertiary/aromatic N) is 2. The van der Waals surface area contributed by atoms with Crippen molar-refractivity contribution >= 4 is 22.7 Å². The van der Waals surface area contributed by atoms with Gasteiger partial charge in [0.05, 0.1) is 17.6 Å². The standard InChI is InChI=1S/C24H29N3O2/c1-2-11-24(29)25-17-10-4-7-16-23-26-20-14-8-9-15-21(20)27(23)18-22(28)19-12-5-3-6-13-19/h3,5-6,8-9,12-15H,2,4,7,10-11,16-18H2,1H3,(H,25,29). The summed E-state index contributed by atoms with van der Waals surface area (Å²) in [6.07, 6.45) is 5.25. The van der Waals surface area contributed by atoms with Crippen LogP contribution in [0.15, 0.2) is 54.6 Å². The quantitative estimate of drug-likeness (QED) is 0.385. The summed E-state index contributed by atoms with van der Waals surface area (Å²) < 4.78 is 2.05. The molecule has 0 aliphatic carbocycles. The number of imidazole rings is 1. The molecule has 0 saturated heterocycles. The van der Waals surface area contributed by atoms with Crippen molar-refractivity contribution in [3.05, 3.63) is 66.0 Å². The Bertz CT molecular complexity index is 947. The summed E-state index contributed by atoms with van der Waals surface area (Å²) in [5.41, 5.74) is 2.65. The molecule has 0 radical (unpaired) electrons. The SMILES string of the molecule is CCCC(=O)NCCCCCc1nc2ccccc2n1CC(=O)c1ccccc1. The maximum atomic E-state index is 12.8. The van der Waals surface area contributed by atoms with Crippen molar-refractivity contribution in [2.45, 2.75) is 52.0 Å². The Morgan fingerprint density at radius 1 is 0.966 bits per heavy atom. The lowest BCUT2D eigenvalue weighted by atomic mass is 10.1. The Balaban J connectivity index is 1.61. The number of rotatable bonds is 11. The Kier molecular flexibility index (Phi) is 7.56. The van der Waals surface area contributed by atoms with Crippen LogP contribution in [0.5, 0.6) is 0 Å². The summed E-state index contributed by atoms with van der Waals surface area (Å²) in [5, 5.41) is 2.95. The molecule has 0 unspecified atom stereocenters. The number of fused-ring (bicyclic) bond motifs is 1. The minimum atomic E-state index is 0.0913. The van der Waals surface area contributed by atoms with Crippen LogP contribution in [-0.2, 0) is 17.8 Å². The van der Waals surface area contributed by atoms with E-state index in [0.717, 1.165) is 61.1 Å². The van der Waals surface area contributed by atoms with E-state index >= 15 is 0 Å². The van der Waals surface area contributed by atoms with Gasteiger partial charge in [0.2, 0.25) is 5.91 Å². The van der Waals surface area contributed by atoms with E-state index in [4.69, 9.17) is 4.98 Å². The molecule has 0 atom stereocenters. The van der Waals surface area contributed by atoms with E-state index < -0.39 is 0 Å². The second kappa shape index (κ2) is 10.6. The average Bonchev–Trinajstić information content (AvgIpc) is 3.09. The van der Waals surface area contributed by atoms with Crippen LogP contribution in [0, 0.1) is 0 Å². The monoisotopic (exact) mass is 391 g/mol. The molecule has 0 bridgehead atoms. The fourth-order valence-corrected chi connectivity index (χ4v) is 3.48. The molecule has 3 aromatic rings. The number of carbonyl (C=O) groups is 2. The van der Waals surface area contributed by atoms with Crippen molar-refractivity contribution in [3.8, 4) is 0 Å². The molecule has 1 heterocycles. The van der Waals surface area contributed by atoms with E-state index in [1.807, 2.05) is 66.1 Å². The van der Waals surface area contributed by atoms with Crippen molar-refractivity contribution in [2.75, 3.05) is 6.54 Å². The number of carbonyl (C=O) groups excluding carboxylic acids is 2. The molecule has 5 nitrogen and oxygen atoms in total. The van der Waals surface area contributed by atoms with E-state index in [9.17, 15) is 9.59 Å². The van der Waals surface area contributed by atoms with Gasteiger partial charge in [-0.3, -0.25) is 9.59 Å². The van der Waals surface area contributed by atoms with Gasteiger partial charge in [-0.2, -0.15) is 0 Å². The molecule has 1 amide bonds. The molecule has 0 aliphatic heterocycles. The Hall–Kier alpha value is -2.95. The zero-order valence-corrected chi connectivity index (χ0v) is 17.1. The summed E-state index contributed by atoms with van der Waals surface area (Å²) in [7, 11) is 0. The smallest absolute Gasteiger partial charge is 0.219 e. The first-order valence-corrected chi connectivity index (χ1v) is 10.5. The molecule has 1 aromatic heterocycles. The lowest BCUT2D eigenvalue weighted by Crippen LogP contribution is -2.23. The van der Waals surface area contributed by atoms with Crippen LogP contribution in [-0.4, -0.2) is 27.8 Å². The summed E-state index contributed by atoms with van der Waals surface area (Å²) in [5.74, 6) is 1.17. The minimum absolute atomic E-state index is 0.0913. The number of unbranched alkanes of at least 4 members (excludes halogenated alkanes) is 2. The Morgan fingerprint density at radius 2 is 1.72 bits per heavy atom. The summed E-state index contributed by atoms with van der Waals surface area (Å²) >= 11 is 0. The topological polar surface area (TPSA) is 64.0 Å². The van der Waals surface area contributed by atoms with Crippen molar-refractivity contribution < 1.29 is 9.59 Å². The molecule has 2 aromatic carbocycles. The molecule has 0 fully saturated rings. The van der Waals surface area contributed by atoms with Crippen LogP contribution in [0.1, 0.15) is 55.2 Å². The molecule has 152 valence electrons. The van der Waals surface area contributed by atoms with Crippen LogP contribution >= 0.6 is 0 Å². The first-order valence-electron chi connectivity index (χ1n) is 10.5. The van der Waals surface area contributed by atoms with Gasteiger partial charge in [-0.1, -0.05) is 55.8 Å². The number of hydrogen-bond acceptors (Lipinski definition) is 3. The van der Waals surface area contributed by atoms with Gasteiger partial charge in [-0.05, 0) is 31.4 Å². The lowest BCUT2D eigenvalue weighted by Gasteiger charge is -2.09. The molecular weight excluding hydrogens is 362 g/mol. The summed E-state index contributed by atoms with van der Waals surface area (Å²) in [4.78, 5) is 29.0. The molecule has 3 rings (SSSR count). The second-order valence-corrected chi connectivity index (χ2v) is 7.30. The summed E-state index contributed by atoms with van der Waals surface area (Å²) in [6.45, 7) is 3.03. The predicted molar refractivity (Wildman–Crippen MR) is 116 cm³/mol. The van der Waals surface area contributed by atoms with E-state index in [2.05, 4.69) is 5.32 Å². The first-order chi connectivity index (χ1) is 14.2. The molecule has 1 N–H and O–H groups in total. The highest BCUT2D eigenvalue weighted by Gasteiger charge is 2.14. The number of amides is 1. The normalized spacial score (nSPS) is 10.9. The number of para-hydroxylation sites is 2. The third-order valence-electron chi connectivity index (χ3n) is 5.01. The van der Waals surface area contributed by atoms with Gasteiger partial charge in [0.1, 0.15) is 5.82 Å². The minimum Gasteiger partial charge on any atom is -0.356 e. The van der Waals surface area contributed by atoms with E-state index in [1.165, 1.54) is 0 Å². The predicted octanol–water partition coefficient (Wildman–Crippen LogP) is 4.55. The van der Waals surface area contributed by atoms with Crippen LogP contribution < -0.4 is 5.32 Å². The number of nitrogens with one attached hydrogen (secondary N) is 1. The van der Waals surface area contributed by atoms with E-state index in [1.54, 1.807) is 0 Å².